The highest BCUT2D eigenvalue weighted by Gasteiger charge is 2.37. The second-order valence-electron chi connectivity index (χ2n) is 6.02. The lowest BCUT2D eigenvalue weighted by Crippen LogP contribution is -2.47. The molecule has 3 heterocycles. The van der Waals surface area contributed by atoms with Gasteiger partial charge in [0, 0.05) is 26.1 Å². The van der Waals surface area contributed by atoms with Crippen molar-refractivity contribution in [3.8, 4) is 0 Å². The van der Waals surface area contributed by atoms with E-state index in [4.69, 9.17) is 4.74 Å². The molecule has 1 aromatic rings. The summed E-state index contributed by atoms with van der Waals surface area (Å²) in [6.45, 7) is 4.58. The van der Waals surface area contributed by atoms with Crippen LogP contribution in [0.2, 0.25) is 0 Å². The summed E-state index contributed by atoms with van der Waals surface area (Å²) in [6, 6.07) is 0.0129. The molecule has 0 atom stereocenters. The van der Waals surface area contributed by atoms with Crippen LogP contribution in [0.3, 0.4) is 0 Å². The molecule has 9 nitrogen and oxygen atoms in total. The Morgan fingerprint density at radius 3 is 2.56 bits per heavy atom. The van der Waals surface area contributed by atoms with Crippen molar-refractivity contribution in [1.82, 2.24) is 14.2 Å². The maximum absolute atomic E-state index is 12.9. The van der Waals surface area contributed by atoms with Gasteiger partial charge in [-0.15, -0.1) is 0 Å². The third-order valence-corrected chi connectivity index (χ3v) is 7.83. The zero-order valence-electron chi connectivity index (χ0n) is 14.0. The summed E-state index contributed by atoms with van der Waals surface area (Å²) >= 11 is 0.958. The largest absolute Gasteiger partial charge is 0.448 e. The van der Waals surface area contributed by atoms with Crippen molar-refractivity contribution in [2.75, 3.05) is 31.6 Å². The summed E-state index contributed by atoms with van der Waals surface area (Å²) in [6.07, 6.45) is 0.828. The summed E-state index contributed by atoms with van der Waals surface area (Å²) in [4.78, 5) is 28.6. The molecule has 0 radical (unpaired) electrons. The molecule has 11 heteroatoms. The summed E-state index contributed by atoms with van der Waals surface area (Å²) in [5.41, 5.74) is 0.374. The molecule has 2 amide bonds. The Balaban J connectivity index is 1.70. The summed E-state index contributed by atoms with van der Waals surface area (Å²) < 4.78 is 32.3. The van der Waals surface area contributed by atoms with Gasteiger partial charge in [0.2, 0.25) is 5.91 Å². The first kappa shape index (κ1) is 18.1. The normalized spacial score (nSPS) is 19.9. The minimum absolute atomic E-state index is 0.0129. The number of aromatic nitrogens is 1. The fraction of sp³-hybridized carbons (Fsp3) is 0.643. The van der Waals surface area contributed by atoms with Crippen molar-refractivity contribution >= 4 is 38.5 Å². The second kappa shape index (κ2) is 6.89. The molecule has 0 aromatic carbocycles. The number of amides is 2. The first-order valence-corrected chi connectivity index (χ1v) is 10.2. The summed E-state index contributed by atoms with van der Waals surface area (Å²) in [5, 5.41) is 2.79. The third-order valence-electron chi connectivity index (χ3n) is 4.27. The Bertz CT molecular complexity index is 783. The lowest BCUT2D eigenvalue weighted by Gasteiger charge is -2.34. The van der Waals surface area contributed by atoms with Gasteiger partial charge < -0.3 is 15.0 Å². The van der Waals surface area contributed by atoms with Crippen LogP contribution in [0.5, 0.6) is 0 Å². The first-order chi connectivity index (χ1) is 11.8. The van der Waals surface area contributed by atoms with Crippen LogP contribution in [0.15, 0.2) is 4.21 Å². The molecule has 0 unspecified atom stereocenters. The van der Waals surface area contributed by atoms with E-state index in [1.807, 2.05) is 0 Å². The van der Waals surface area contributed by atoms with Gasteiger partial charge in [0.05, 0.1) is 12.2 Å². The quantitative estimate of drug-likeness (QED) is 0.825. The molecule has 2 fully saturated rings. The molecule has 138 valence electrons. The Morgan fingerprint density at radius 2 is 2.00 bits per heavy atom. The fourth-order valence-electron chi connectivity index (χ4n) is 3.07. The molecule has 1 aromatic heterocycles. The van der Waals surface area contributed by atoms with Crippen LogP contribution in [0, 0.1) is 6.92 Å². The number of cyclic esters (lactones) is 1. The number of ether oxygens (including phenoxy) is 1. The van der Waals surface area contributed by atoms with Gasteiger partial charge in [-0.25, -0.2) is 18.2 Å². The predicted octanol–water partition coefficient (Wildman–Crippen LogP) is 1.02. The van der Waals surface area contributed by atoms with Crippen LogP contribution in [-0.4, -0.2) is 66.9 Å². The SMILES string of the molecule is CC(=O)Nc1nc(C)c(S(=O)(=O)N2CCC(N3CCOC3=O)CC2)s1. The standard InChI is InChI=1S/C14H20N4O5S2/c1-9-12(24-13(15-9)16-10(2)19)25(21,22)17-5-3-11(4-6-17)18-7-8-23-14(18)20/h11H,3-8H2,1-2H3,(H,15,16,19). The average Bonchev–Trinajstić information content (AvgIpc) is 3.13. The van der Waals surface area contributed by atoms with Gasteiger partial charge in [-0.05, 0) is 19.8 Å². The van der Waals surface area contributed by atoms with E-state index in [1.165, 1.54) is 11.2 Å². The number of aryl methyl sites for hydroxylation is 1. The van der Waals surface area contributed by atoms with E-state index in [0.717, 1.165) is 11.3 Å². The molecule has 0 bridgehead atoms. The smallest absolute Gasteiger partial charge is 0.410 e. The molecule has 1 N–H and O–H groups in total. The molecule has 0 spiro atoms. The predicted molar refractivity (Wildman–Crippen MR) is 91.0 cm³/mol. The molecule has 0 aliphatic carbocycles. The number of hydrogen-bond acceptors (Lipinski definition) is 7. The van der Waals surface area contributed by atoms with Gasteiger partial charge in [0.15, 0.2) is 9.34 Å². The van der Waals surface area contributed by atoms with Crippen molar-refractivity contribution in [2.24, 2.45) is 0 Å². The van der Waals surface area contributed by atoms with E-state index in [0.29, 0.717) is 44.8 Å². The summed E-state index contributed by atoms with van der Waals surface area (Å²) in [7, 11) is -3.66. The number of nitrogens with one attached hydrogen (secondary N) is 1. The molecule has 0 saturated carbocycles. The number of carbonyl (C=O) groups excluding carboxylic acids is 2. The zero-order chi connectivity index (χ0) is 18.2. The topological polar surface area (TPSA) is 109 Å². The number of rotatable bonds is 4. The Hall–Kier alpha value is -1.72. The van der Waals surface area contributed by atoms with E-state index in [9.17, 15) is 18.0 Å². The van der Waals surface area contributed by atoms with Crippen LogP contribution >= 0.6 is 11.3 Å². The van der Waals surface area contributed by atoms with Gasteiger partial charge in [-0.3, -0.25) is 4.79 Å². The molecule has 3 rings (SSSR count). The van der Waals surface area contributed by atoms with E-state index in [2.05, 4.69) is 10.3 Å². The maximum Gasteiger partial charge on any atom is 0.410 e. The minimum Gasteiger partial charge on any atom is -0.448 e. The maximum atomic E-state index is 12.9. The highest BCUT2D eigenvalue weighted by molar-refractivity contribution is 7.91. The van der Waals surface area contributed by atoms with Crippen LogP contribution in [-0.2, 0) is 19.6 Å². The number of sulfonamides is 1. The number of piperidine rings is 1. The van der Waals surface area contributed by atoms with E-state index >= 15 is 0 Å². The van der Waals surface area contributed by atoms with Crippen LogP contribution in [0.1, 0.15) is 25.5 Å². The number of hydrogen-bond donors (Lipinski definition) is 1. The van der Waals surface area contributed by atoms with Crippen LogP contribution in [0.4, 0.5) is 9.93 Å². The van der Waals surface area contributed by atoms with E-state index in [1.54, 1.807) is 11.8 Å². The van der Waals surface area contributed by atoms with Crippen molar-refractivity contribution in [3.05, 3.63) is 5.69 Å². The van der Waals surface area contributed by atoms with Crippen molar-refractivity contribution in [3.63, 3.8) is 0 Å². The zero-order valence-corrected chi connectivity index (χ0v) is 15.7. The molecule has 2 aliphatic heterocycles. The average molecular weight is 388 g/mol. The van der Waals surface area contributed by atoms with Crippen molar-refractivity contribution in [2.45, 2.75) is 36.9 Å². The number of nitrogens with zero attached hydrogens (tertiary/aromatic N) is 3. The second-order valence-corrected chi connectivity index (χ2v) is 9.15. The van der Waals surface area contributed by atoms with Crippen LogP contribution in [0.25, 0.3) is 0 Å². The van der Waals surface area contributed by atoms with E-state index in [-0.39, 0.29) is 27.4 Å². The van der Waals surface area contributed by atoms with Gasteiger partial charge in [0.25, 0.3) is 10.0 Å². The van der Waals surface area contributed by atoms with Gasteiger partial charge in [0.1, 0.15) is 6.61 Å². The molecule has 2 aliphatic rings. The van der Waals surface area contributed by atoms with Gasteiger partial charge in [-0.2, -0.15) is 4.31 Å². The van der Waals surface area contributed by atoms with Crippen molar-refractivity contribution < 1.29 is 22.7 Å². The molecular formula is C14H20N4O5S2. The van der Waals surface area contributed by atoms with E-state index < -0.39 is 10.0 Å². The van der Waals surface area contributed by atoms with Gasteiger partial charge >= 0.3 is 6.09 Å². The Morgan fingerprint density at radius 1 is 1.32 bits per heavy atom. The highest BCUT2D eigenvalue weighted by Crippen LogP contribution is 2.32. The molecule has 2 saturated heterocycles. The monoisotopic (exact) mass is 388 g/mol. The van der Waals surface area contributed by atoms with Gasteiger partial charge in [-0.1, -0.05) is 11.3 Å². The third kappa shape index (κ3) is 3.62. The lowest BCUT2D eigenvalue weighted by molar-refractivity contribution is -0.114. The first-order valence-electron chi connectivity index (χ1n) is 7.97. The number of carbonyl (C=O) groups is 2. The Labute approximate surface area is 150 Å². The number of thiazole rings is 1. The highest BCUT2D eigenvalue weighted by atomic mass is 32.2. The lowest BCUT2D eigenvalue weighted by atomic mass is 10.1. The van der Waals surface area contributed by atoms with Crippen LogP contribution < -0.4 is 5.32 Å². The molecule has 25 heavy (non-hydrogen) atoms. The van der Waals surface area contributed by atoms with Crippen molar-refractivity contribution in [1.29, 1.82) is 0 Å². The minimum atomic E-state index is -3.66. The fourth-order valence-corrected chi connectivity index (χ4v) is 6.14. The molecular weight excluding hydrogens is 368 g/mol. The number of anilines is 1. The summed E-state index contributed by atoms with van der Waals surface area (Å²) in [5.74, 6) is -0.295. The Kier molecular flexibility index (Phi) is 4.98.